The molecule has 3 nitrogen and oxygen atoms in total. The van der Waals surface area contributed by atoms with Gasteiger partial charge in [0.1, 0.15) is 22.3 Å². The number of hydrogen-bond donors (Lipinski definition) is 0. The average Bonchev–Trinajstić information content (AvgIpc) is 3.82. The first kappa shape index (κ1) is 31.2. The van der Waals surface area contributed by atoms with Gasteiger partial charge in [-0.3, -0.25) is 0 Å². The maximum absolute atomic E-state index is 6.36. The molecule has 0 bridgehead atoms. The number of fused-ring (bicyclic) bond motifs is 7. The van der Waals surface area contributed by atoms with Gasteiger partial charge in [0.15, 0.2) is 0 Å². The molecule has 0 aliphatic rings. The summed E-state index contributed by atoms with van der Waals surface area (Å²) in [6.45, 7) is 0. The molecule has 3 heteroatoms. The Morgan fingerprint density at radius 3 is 1.60 bits per heavy atom. The summed E-state index contributed by atoms with van der Waals surface area (Å²) in [7, 11) is 0. The second-order valence-corrected chi connectivity index (χ2v) is 14.1. The number of benzene rings is 9. The maximum Gasteiger partial charge on any atom is 0.136 e. The third kappa shape index (κ3) is 5.36. The van der Waals surface area contributed by atoms with Crippen LogP contribution >= 0.6 is 0 Å². The SMILES string of the molecule is c1cc(-c2ccc3ccccc3c2)cc(N(c2ccc(-c3ccc4c(c3)oc3ccccc34)cc2)c2ccccc2-c2ccc3c(c2)oc2ccccc23)c1. The zero-order valence-corrected chi connectivity index (χ0v) is 29.8. The lowest BCUT2D eigenvalue weighted by Gasteiger charge is -2.28. The van der Waals surface area contributed by atoms with Gasteiger partial charge in [-0.2, -0.15) is 0 Å². The van der Waals surface area contributed by atoms with E-state index in [2.05, 4.69) is 181 Å². The zero-order valence-electron chi connectivity index (χ0n) is 29.8. The van der Waals surface area contributed by atoms with Gasteiger partial charge >= 0.3 is 0 Å². The second-order valence-electron chi connectivity index (χ2n) is 14.1. The maximum atomic E-state index is 6.36. The number of hydrogen-bond acceptors (Lipinski definition) is 3. The third-order valence-electron chi connectivity index (χ3n) is 10.9. The van der Waals surface area contributed by atoms with Crippen LogP contribution in [-0.4, -0.2) is 0 Å². The van der Waals surface area contributed by atoms with Crippen molar-refractivity contribution in [3.05, 3.63) is 200 Å². The number of para-hydroxylation sites is 3. The molecule has 0 N–H and O–H groups in total. The van der Waals surface area contributed by atoms with E-state index in [1.54, 1.807) is 0 Å². The lowest BCUT2D eigenvalue weighted by atomic mass is 9.98. The molecule has 11 rings (SSSR count). The molecule has 0 amide bonds. The minimum atomic E-state index is 0.879. The fraction of sp³-hybridized carbons (Fsp3) is 0. The van der Waals surface area contributed by atoms with Crippen LogP contribution in [0.25, 0.3) is 88.0 Å². The molecule has 0 spiro atoms. The zero-order chi connectivity index (χ0) is 36.3. The van der Waals surface area contributed by atoms with Crippen LogP contribution in [0.2, 0.25) is 0 Å². The minimum absolute atomic E-state index is 0.879. The average molecular weight is 704 g/mol. The summed E-state index contributed by atoms with van der Waals surface area (Å²) in [4.78, 5) is 2.37. The van der Waals surface area contributed by atoms with Gasteiger partial charge in [-0.05, 0) is 111 Å². The predicted molar refractivity (Wildman–Crippen MR) is 229 cm³/mol. The van der Waals surface area contributed by atoms with Crippen LogP contribution in [0.1, 0.15) is 0 Å². The molecule has 11 aromatic rings. The Morgan fingerprint density at radius 1 is 0.291 bits per heavy atom. The van der Waals surface area contributed by atoms with Crippen LogP contribution in [0.4, 0.5) is 17.1 Å². The minimum Gasteiger partial charge on any atom is -0.456 e. The van der Waals surface area contributed by atoms with Gasteiger partial charge < -0.3 is 13.7 Å². The molecule has 0 atom stereocenters. The van der Waals surface area contributed by atoms with Crippen LogP contribution in [0.15, 0.2) is 209 Å². The van der Waals surface area contributed by atoms with E-state index >= 15 is 0 Å². The van der Waals surface area contributed by atoms with E-state index in [0.717, 1.165) is 88.8 Å². The summed E-state index contributed by atoms with van der Waals surface area (Å²) in [5, 5.41) is 6.98. The normalized spacial score (nSPS) is 11.6. The van der Waals surface area contributed by atoms with Crippen molar-refractivity contribution in [1.82, 2.24) is 0 Å². The van der Waals surface area contributed by atoms with E-state index in [1.807, 2.05) is 24.3 Å². The molecule has 55 heavy (non-hydrogen) atoms. The van der Waals surface area contributed by atoms with Gasteiger partial charge in [-0.15, -0.1) is 0 Å². The molecule has 0 saturated heterocycles. The van der Waals surface area contributed by atoms with Crippen molar-refractivity contribution in [2.45, 2.75) is 0 Å². The molecule has 0 aliphatic carbocycles. The lowest BCUT2D eigenvalue weighted by Crippen LogP contribution is -2.11. The second kappa shape index (κ2) is 12.6. The Labute approximate surface area is 317 Å². The van der Waals surface area contributed by atoms with Gasteiger partial charge in [0, 0.05) is 38.5 Å². The fourth-order valence-corrected chi connectivity index (χ4v) is 8.14. The van der Waals surface area contributed by atoms with Crippen molar-refractivity contribution in [3.8, 4) is 33.4 Å². The highest BCUT2D eigenvalue weighted by Crippen LogP contribution is 2.44. The van der Waals surface area contributed by atoms with Crippen molar-refractivity contribution in [2.24, 2.45) is 0 Å². The summed E-state index contributed by atoms with van der Waals surface area (Å²) in [5.41, 5.74) is 13.6. The summed E-state index contributed by atoms with van der Waals surface area (Å²) in [6.07, 6.45) is 0. The van der Waals surface area contributed by atoms with Crippen LogP contribution in [0.3, 0.4) is 0 Å². The van der Waals surface area contributed by atoms with Crippen molar-refractivity contribution < 1.29 is 8.83 Å². The molecular weight excluding hydrogens is 671 g/mol. The van der Waals surface area contributed by atoms with Crippen LogP contribution in [0, 0.1) is 0 Å². The van der Waals surface area contributed by atoms with Crippen LogP contribution < -0.4 is 4.90 Å². The molecule has 0 radical (unpaired) electrons. The number of anilines is 3. The smallest absolute Gasteiger partial charge is 0.136 e. The van der Waals surface area contributed by atoms with E-state index in [4.69, 9.17) is 8.83 Å². The molecule has 2 aromatic heterocycles. The summed E-state index contributed by atoms with van der Waals surface area (Å²) in [5.74, 6) is 0. The molecule has 0 aliphatic heterocycles. The van der Waals surface area contributed by atoms with Crippen molar-refractivity contribution in [1.29, 1.82) is 0 Å². The fourth-order valence-electron chi connectivity index (χ4n) is 8.14. The molecule has 2 heterocycles. The quantitative estimate of drug-likeness (QED) is 0.173. The molecule has 0 saturated carbocycles. The Bertz CT molecular complexity index is 3220. The molecule has 9 aromatic carbocycles. The largest absolute Gasteiger partial charge is 0.456 e. The lowest BCUT2D eigenvalue weighted by molar-refractivity contribution is 0.668. The van der Waals surface area contributed by atoms with Crippen molar-refractivity contribution >= 4 is 71.7 Å². The highest BCUT2D eigenvalue weighted by Gasteiger charge is 2.19. The van der Waals surface area contributed by atoms with Crippen molar-refractivity contribution in [2.75, 3.05) is 4.90 Å². The van der Waals surface area contributed by atoms with E-state index < -0.39 is 0 Å². The summed E-state index contributed by atoms with van der Waals surface area (Å²) < 4.78 is 12.6. The van der Waals surface area contributed by atoms with Crippen LogP contribution in [-0.2, 0) is 0 Å². The van der Waals surface area contributed by atoms with E-state index in [0.29, 0.717) is 0 Å². The number of rotatable bonds is 6. The topological polar surface area (TPSA) is 29.5 Å². The first-order chi connectivity index (χ1) is 27.2. The van der Waals surface area contributed by atoms with Crippen LogP contribution in [0.5, 0.6) is 0 Å². The standard InChI is InChI=1S/C52H33NO2/c1-2-11-36-30-38(21-20-34(36)10-1)37-12-9-13-42(31-37)53(41-26-22-35(23-27-41)39-24-28-46-44-15-4-7-18-49(44)54-51(46)32-39)48-17-6-3-14-43(48)40-25-29-47-45-16-5-8-19-50(45)55-52(47)33-40/h1-33H. The van der Waals surface area contributed by atoms with E-state index in [1.165, 1.54) is 16.3 Å². The number of furan rings is 2. The Morgan fingerprint density at radius 2 is 0.836 bits per heavy atom. The van der Waals surface area contributed by atoms with E-state index in [9.17, 15) is 0 Å². The highest BCUT2D eigenvalue weighted by atomic mass is 16.3. The van der Waals surface area contributed by atoms with Gasteiger partial charge in [-0.1, -0.05) is 127 Å². The monoisotopic (exact) mass is 703 g/mol. The predicted octanol–water partition coefficient (Wildman–Crippen LogP) is 15.1. The Balaban J connectivity index is 1.05. The highest BCUT2D eigenvalue weighted by molar-refractivity contribution is 6.07. The first-order valence-electron chi connectivity index (χ1n) is 18.7. The van der Waals surface area contributed by atoms with E-state index in [-0.39, 0.29) is 0 Å². The Kier molecular flexibility index (Phi) is 7.17. The molecule has 0 fully saturated rings. The molecular formula is C52H33NO2. The molecule has 0 unspecified atom stereocenters. The van der Waals surface area contributed by atoms with Gasteiger partial charge in [0.05, 0.1) is 5.69 Å². The van der Waals surface area contributed by atoms with Gasteiger partial charge in [0.2, 0.25) is 0 Å². The summed E-state index contributed by atoms with van der Waals surface area (Å²) in [6, 6.07) is 71.2. The first-order valence-corrected chi connectivity index (χ1v) is 18.7. The van der Waals surface area contributed by atoms with Crippen molar-refractivity contribution in [3.63, 3.8) is 0 Å². The van der Waals surface area contributed by atoms with Gasteiger partial charge in [-0.25, -0.2) is 0 Å². The van der Waals surface area contributed by atoms with Gasteiger partial charge in [0.25, 0.3) is 0 Å². The third-order valence-corrected chi connectivity index (χ3v) is 10.9. The number of nitrogens with zero attached hydrogens (tertiary/aromatic N) is 1. The molecule has 258 valence electrons. The summed E-state index contributed by atoms with van der Waals surface area (Å²) >= 11 is 0. The Hall–Kier alpha value is -7.36.